The molecule has 182 valence electrons. The van der Waals surface area contributed by atoms with Gasteiger partial charge in [-0.15, -0.1) is 0 Å². The van der Waals surface area contributed by atoms with Gasteiger partial charge in [-0.1, -0.05) is 0 Å². The van der Waals surface area contributed by atoms with E-state index in [1.807, 2.05) is 0 Å². The van der Waals surface area contributed by atoms with E-state index in [4.69, 9.17) is 9.47 Å². The van der Waals surface area contributed by atoms with Gasteiger partial charge < -0.3 is 28.4 Å². The molecule has 0 saturated carbocycles. The molecule has 0 aliphatic carbocycles. The molecular formula is C20H30O12. The molecule has 0 atom stereocenters. The van der Waals surface area contributed by atoms with Crippen LogP contribution >= 0.6 is 0 Å². The van der Waals surface area contributed by atoms with Crippen LogP contribution in [0.15, 0.2) is 0 Å². The van der Waals surface area contributed by atoms with Gasteiger partial charge in [0.15, 0.2) is 5.92 Å². The third kappa shape index (κ3) is 10.7. The third-order valence-electron chi connectivity index (χ3n) is 4.26. The first-order valence-electron chi connectivity index (χ1n) is 9.87. The topological polar surface area (TPSA) is 158 Å². The summed E-state index contributed by atoms with van der Waals surface area (Å²) in [6, 6.07) is 0. The second kappa shape index (κ2) is 16.5. The molecule has 12 heteroatoms. The van der Waals surface area contributed by atoms with Crippen LogP contribution in [0.2, 0.25) is 0 Å². The van der Waals surface area contributed by atoms with E-state index in [-0.39, 0.29) is 26.1 Å². The lowest BCUT2D eigenvalue weighted by atomic mass is 10.0. The number of rotatable bonds is 15. The molecule has 32 heavy (non-hydrogen) atoms. The molecule has 0 rings (SSSR count). The number of ether oxygens (including phenoxy) is 6. The predicted molar refractivity (Wildman–Crippen MR) is 105 cm³/mol. The zero-order valence-electron chi connectivity index (χ0n) is 18.7. The van der Waals surface area contributed by atoms with Crippen LogP contribution in [0, 0.1) is 11.8 Å². The van der Waals surface area contributed by atoms with Gasteiger partial charge in [0.05, 0.1) is 41.7 Å². The first-order chi connectivity index (χ1) is 15.2. The van der Waals surface area contributed by atoms with Crippen molar-refractivity contribution in [1.29, 1.82) is 0 Å². The Hall–Kier alpha value is -3.18. The highest BCUT2D eigenvalue weighted by Crippen LogP contribution is 2.12. The summed E-state index contributed by atoms with van der Waals surface area (Å²) >= 11 is 0. The Morgan fingerprint density at radius 2 is 1.00 bits per heavy atom. The van der Waals surface area contributed by atoms with Crippen LogP contribution in [0.5, 0.6) is 0 Å². The average Bonchev–Trinajstić information content (AvgIpc) is 2.79. The molecule has 0 heterocycles. The van der Waals surface area contributed by atoms with Crippen molar-refractivity contribution in [2.24, 2.45) is 11.8 Å². The molecule has 0 spiro atoms. The molecule has 0 N–H and O–H groups in total. The smallest absolute Gasteiger partial charge is 0.331 e. The molecule has 0 saturated heterocycles. The van der Waals surface area contributed by atoms with Crippen molar-refractivity contribution in [3.63, 3.8) is 0 Å². The summed E-state index contributed by atoms with van der Waals surface area (Å²) in [6.45, 7) is 0.137. The van der Waals surface area contributed by atoms with Crippen molar-refractivity contribution in [2.45, 2.75) is 38.5 Å². The highest BCUT2D eigenvalue weighted by Gasteiger charge is 2.37. The first-order valence-corrected chi connectivity index (χ1v) is 9.87. The Balaban J connectivity index is 4.04. The zero-order chi connectivity index (χ0) is 24.5. The zero-order valence-corrected chi connectivity index (χ0v) is 18.7. The average molecular weight is 462 g/mol. The highest BCUT2D eigenvalue weighted by molar-refractivity contribution is 6.12. The lowest BCUT2D eigenvalue weighted by Crippen LogP contribution is -2.35. The van der Waals surface area contributed by atoms with Crippen molar-refractivity contribution in [3.8, 4) is 0 Å². The molecule has 0 aliphatic rings. The molecule has 0 bridgehead atoms. The molecular weight excluding hydrogens is 432 g/mol. The highest BCUT2D eigenvalue weighted by atomic mass is 16.6. The monoisotopic (exact) mass is 462 g/mol. The molecule has 0 aromatic carbocycles. The van der Waals surface area contributed by atoms with Crippen LogP contribution < -0.4 is 0 Å². The van der Waals surface area contributed by atoms with E-state index in [9.17, 15) is 28.8 Å². The number of esters is 6. The van der Waals surface area contributed by atoms with Crippen LogP contribution in [0.3, 0.4) is 0 Å². The third-order valence-corrected chi connectivity index (χ3v) is 4.26. The Labute approximate surface area is 185 Å². The van der Waals surface area contributed by atoms with E-state index in [0.717, 1.165) is 28.4 Å². The van der Waals surface area contributed by atoms with E-state index in [2.05, 4.69) is 18.9 Å². The number of carbonyl (C=O) groups excluding carboxylic acids is 6. The fourth-order valence-corrected chi connectivity index (χ4v) is 2.47. The van der Waals surface area contributed by atoms with Crippen molar-refractivity contribution < 1.29 is 57.2 Å². The van der Waals surface area contributed by atoms with Gasteiger partial charge in [-0.2, -0.15) is 0 Å². The van der Waals surface area contributed by atoms with E-state index in [1.54, 1.807) is 0 Å². The van der Waals surface area contributed by atoms with Crippen molar-refractivity contribution in [1.82, 2.24) is 0 Å². The van der Waals surface area contributed by atoms with Crippen molar-refractivity contribution >= 4 is 35.8 Å². The molecule has 0 aromatic rings. The first kappa shape index (κ1) is 28.8. The van der Waals surface area contributed by atoms with Crippen molar-refractivity contribution in [3.05, 3.63) is 0 Å². The summed E-state index contributed by atoms with van der Waals surface area (Å²) < 4.78 is 27.7. The lowest BCUT2D eigenvalue weighted by Gasteiger charge is -2.12. The maximum Gasteiger partial charge on any atom is 0.331 e. The van der Waals surface area contributed by atoms with Crippen LogP contribution in [-0.2, 0) is 57.2 Å². The minimum atomic E-state index is -1.78. The van der Waals surface area contributed by atoms with Crippen LogP contribution in [0.25, 0.3) is 0 Å². The second-order valence-electron chi connectivity index (χ2n) is 6.42. The number of hydrogen-bond donors (Lipinski definition) is 0. The largest absolute Gasteiger partial charge is 0.468 e. The molecule has 0 aromatic heterocycles. The predicted octanol–water partition coefficient (Wildman–Crippen LogP) is 0.338. The fraction of sp³-hybridized carbons (Fsp3) is 0.700. The molecule has 0 unspecified atom stereocenters. The standard InChI is InChI=1S/C20H30O12/c1-27-16(22)13(17(23)28-2)9-10-14(21)31-11-7-5-6-8-12-32-20(26)15(18(24)29-3)19(25)30-4/h13,15H,5-12H2,1-4H3. The Kier molecular flexibility index (Phi) is 14.9. The molecule has 0 fully saturated rings. The van der Waals surface area contributed by atoms with Gasteiger partial charge in [-0.3, -0.25) is 28.8 Å². The Morgan fingerprint density at radius 1 is 0.562 bits per heavy atom. The van der Waals surface area contributed by atoms with Gasteiger partial charge in [-0.05, 0) is 32.1 Å². The Morgan fingerprint density at radius 3 is 1.44 bits per heavy atom. The van der Waals surface area contributed by atoms with Gasteiger partial charge in [0, 0.05) is 6.42 Å². The van der Waals surface area contributed by atoms with Gasteiger partial charge in [0.25, 0.3) is 5.92 Å². The summed E-state index contributed by atoms with van der Waals surface area (Å²) in [5, 5.41) is 0. The summed E-state index contributed by atoms with van der Waals surface area (Å²) in [4.78, 5) is 69.6. The van der Waals surface area contributed by atoms with Crippen molar-refractivity contribution in [2.75, 3.05) is 41.7 Å². The lowest BCUT2D eigenvalue weighted by molar-refractivity contribution is -0.170. The SMILES string of the molecule is COC(=O)C(CCC(=O)OCCCCCCOC(=O)C(C(=O)OC)C(=O)OC)C(=O)OC. The number of methoxy groups -OCH3 is 4. The van der Waals surface area contributed by atoms with E-state index in [0.29, 0.717) is 25.7 Å². The van der Waals surface area contributed by atoms with E-state index >= 15 is 0 Å². The molecule has 0 amide bonds. The number of carbonyl (C=O) groups is 6. The van der Waals surface area contributed by atoms with Crippen LogP contribution in [0.1, 0.15) is 38.5 Å². The molecule has 0 radical (unpaired) electrons. The van der Waals surface area contributed by atoms with Crippen LogP contribution in [0.4, 0.5) is 0 Å². The Bertz CT molecular complexity index is 625. The summed E-state index contributed by atoms with van der Waals surface area (Å²) in [6.07, 6.45) is 2.08. The van der Waals surface area contributed by atoms with E-state index < -0.39 is 47.7 Å². The summed E-state index contributed by atoms with van der Waals surface area (Å²) in [5.41, 5.74) is 0. The quantitative estimate of drug-likeness (QED) is 0.142. The normalized spacial score (nSPS) is 10.3. The molecule has 0 aliphatic heterocycles. The van der Waals surface area contributed by atoms with E-state index in [1.165, 1.54) is 0 Å². The van der Waals surface area contributed by atoms with Gasteiger partial charge in [0.1, 0.15) is 0 Å². The maximum atomic E-state index is 11.8. The summed E-state index contributed by atoms with van der Waals surface area (Å²) in [7, 11) is 4.34. The van der Waals surface area contributed by atoms with Gasteiger partial charge in [-0.25, -0.2) is 0 Å². The minimum Gasteiger partial charge on any atom is -0.468 e. The maximum absolute atomic E-state index is 11.8. The number of unbranched alkanes of at least 4 members (excludes halogenated alkanes) is 3. The van der Waals surface area contributed by atoms with Crippen LogP contribution in [-0.4, -0.2) is 77.5 Å². The van der Waals surface area contributed by atoms with Gasteiger partial charge in [0.2, 0.25) is 0 Å². The number of hydrogen-bond acceptors (Lipinski definition) is 12. The second-order valence-corrected chi connectivity index (χ2v) is 6.42. The summed E-state index contributed by atoms with van der Waals surface area (Å²) in [5.74, 6) is -8.25. The fourth-order valence-electron chi connectivity index (χ4n) is 2.47. The minimum absolute atomic E-state index is 0.00838. The molecule has 12 nitrogen and oxygen atoms in total. The van der Waals surface area contributed by atoms with Gasteiger partial charge >= 0.3 is 35.8 Å².